The Hall–Kier alpha value is -3.39. The van der Waals surface area contributed by atoms with E-state index in [0.717, 1.165) is 22.6 Å². The van der Waals surface area contributed by atoms with E-state index in [0.29, 0.717) is 42.5 Å². The summed E-state index contributed by atoms with van der Waals surface area (Å²) >= 11 is 6.22. The lowest BCUT2D eigenvalue weighted by Gasteiger charge is -2.37. The van der Waals surface area contributed by atoms with Gasteiger partial charge in [-0.2, -0.15) is 5.10 Å². The van der Waals surface area contributed by atoms with Crippen LogP contribution in [-0.2, 0) is 12.6 Å². The van der Waals surface area contributed by atoms with E-state index in [-0.39, 0.29) is 11.8 Å². The van der Waals surface area contributed by atoms with E-state index in [2.05, 4.69) is 15.0 Å². The predicted octanol–water partition coefficient (Wildman–Crippen LogP) is 3.63. The summed E-state index contributed by atoms with van der Waals surface area (Å²) in [7, 11) is 1.79. The highest BCUT2D eigenvalue weighted by Gasteiger charge is 2.44. The van der Waals surface area contributed by atoms with E-state index in [1.165, 1.54) is 0 Å². The first-order chi connectivity index (χ1) is 16.2. The Labute approximate surface area is 203 Å². The van der Waals surface area contributed by atoms with Gasteiger partial charge in [-0.05, 0) is 56.7 Å². The molecule has 0 bridgehead atoms. The Morgan fingerprint density at radius 1 is 1.03 bits per heavy atom. The van der Waals surface area contributed by atoms with Crippen molar-refractivity contribution in [2.75, 3.05) is 36.0 Å². The number of carbonyl (C=O) groups is 2. The van der Waals surface area contributed by atoms with Crippen LogP contribution in [0.25, 0.3) is 0 Å². The van der Waals surface area contributed by atoms with Crippen LogP contribution in [0.1, 0.15) is 46.0 Å². The third kappa shape index (κ3) is 3.62. The van der Waals surface area contributed by atoms with E-state index in [9.17, 15) is 9.59 Å². The zero-order valence-corrected chi connectivity index (χ0v) is 20.5. The van der Waals surface area contributed by atoms with Gasteiger partial charge in [-0.3, -0.25) is 24.2 Å². The fraction of sp³-hybridized carbons (Fsp3) is 0.360. The Balaban J connectivity index is 1.34. The molecule has 0 spiro atoms. The molecule has 1 fully saturated rings. The smallest absolute Gasteiger partial charge is 0.272 e. The maximum atomic E-state index is 13.3. The number of pyridine rings is 1. The number of halogens is 1. The molecular formula is C25H27ClN6O2. The van der Waals surface area contributed by atoms with Gasteiger partial charge in [0.2, 0.25) is 0 Å². The topological polar surface area (TPSA) is 74.6 Å². The van der Waals surface area contributed by atoms with E-state index < -0.39 is 5.54 Å². The van der Waals surface area contributed by atoms with Gasteiger partial charge in [0.05, 0.1) is 35.0 Å². The summed E-state index contributed by atoms with van der Waals surface area (Å²) in [6, 6.07) is 9.23. The molecule has 0 saturated carbocycles. The molecule has 1 saturated heterocycles. The van der Waals surface area contributed by atoms with Gasteiger partial charge in [0.15, 0.2) is 0 Å². The van der Waals surface area contributed by atoms with Crippen LogP contribution >= 0.6 is 11.6 Å². The number of piperazine rings is 1. The maximum absolute atomic E-state index is 13.3. The summed E-state index contributed by atoms with van der Waals surface area (Å²) in [6.45, 7) is 8.49. The highest BCUT2D eigenvalue weighted by atomic mass is 35.5. The number of rotatable bonds is 3. The zero-order valence-electron chi connectivity index (χ0n) is 19.7. The molecule has 8 nitrogen and oxygen atoms in total. The second-order valence-electron chi connectivity index (χ2n) is 9.36. The summed E-state index contributed by atoms with van der Waals surface area (Å²) in [5, 5.41) is 4.90. The van der Waals surface area contributed by atoms with Crippen molar-refractivity contribution in [3.63, 3.8) is 0 Å². The van der Waals surface area contributed by atoms with Gasteiger partial charge in [-0.15, -0.1) is 0 Å². The van der Waals surface area contributed by atoms with Crippen LogP contribution in [0.15, 0.2) is 42.7 Å². The second-order valence-corrected chi connectivity index (χ2v) is 9.80. The third-order valence-electron chi connectivity index (χ3n) is 6.75. The van der Waals surface area contributed by atoms with Crippen molar-refractivity contribution in [1.29, 1.82) is 0 Å². The predicted molar refractivity (Wildman–Crippen MR) is 132 cm³/mol. The molecule has 9 heteroatoms. The first-order valence-electron chi connectivity index (χ1n) is 11.3. The molecule has 176 valence electrons. The van der Waals surface area contributed by atoms with Gasteiger partial charge in [0.25, 0.3) is 11.8 Å². The summed E-state index contributed by atoms with van der Waals surface area (Å²) in [6.07, 6.45) is 3.53. The molecule has 0 N–H and O–H groups in total. The fourth-order valence-electron chi connectivity index (χ4n) is 5.00. The van der Waals surface area contributed by atoms with Crippen LogP contribution in [0.5, 0.6) is 0 Å². The number of nitrogens with zero attached hydrogens (tertiary/aromatic N) is 6. The molecule has 4 heterocycles. The number of hydrogen-bond donors (Lipinski definition) is 0. The fourth-order valence-corrected chi connectivity index (χ4v) is 5.17. The highest BCUT2D eigenvalue weighted by Crippen LogP contribution is 2.43. The molecule has 2 aromatic heterocycles. The van der Waals surface area contributed by atoms with Crippen molar-refractivity contribution in [3.8, 4) is 0 Å². The average molecular weight is 479 g/mol. The SMILES string of the molecule is Cc1cc(C(=O)N2CCN(c3cncc(N4C(=O)c5ccc(Cl)cc5C4(C)C)c3)CC2)n(C)n1. The molecule has 2 amide bonds. The maximum Gasteiger partial charge on any atom is 0.272 e. The minimum Gasteiger partial charge on any atom is -0.367 e. The number of aryl methyl sites for hydroxylation is 2. The quantitative estimate of drug-likeness (QED) is 0.574. The lowest BCUT2D eigenvalue weighted by atomic mass is 9.93. The van der Waals surface area contributed by atoms with Gasteiger partial charge in [-0.1, -0.05) is 11.6 Å². The van der Waals surface area contributed by atoms with Gasteiger partial charge in [0, 0.05) is 43.8 Å². The van der Waals surface area contributed by atoms with Gasteiger partial charge >= 0.3 is 0 Å². The molecule has 5 rings (SSSR count). The first kappa shape index (κ1) is 22.4. The van der Waals surface area contributed by atoms with Crippen molar-refractivity contribution >= 4 is 34.8 Å². The number of aromatic nitrogens is 3. The molecular weight excluding hydrogens is 452 g/mol. The second kappa shape index (κ2) is 8.13. The number of fused-ring (bicyclic) bond motifs is 1. The molecule has 3 aromatic rings. The van der Waals surface area contributed by atoms with Crippen molar-refractivity contribution in [3.05, 3.63) is 70.3 Å². The summed E-state index contributed by atoms with van der Waals surface area (Å²) < 4.78 is 1.64. The number of carbonyl (C=O) groups excluding carboxylic acids is 2. The van der Waals surface area contributed by atoms with E-state index in [4.69, 9.17) is 11.6 Å². The molecule has 34 heavy (non-hydrogen) atoms. The Morgan fingerprint density at radius 2 is 1.74 bits per heavy atom. The molecule has 0 radical (unpaired) electrons. The monoisotopic (exact) mass is 478 g/mol. The van der Waals surface area contributed by atoms with Gasteiger partial charge in [-0.25, -0.2) is 0 Å². The van der Waals surface area contributed by atoms with Crippen molar-refractivity contribution in [1.82, 2.24) is 19.7 Å². The molecule has 0 aliphatic carbocycles. The molecule has 1 aromatic carbocycles. The zero-order chi connectivity index (χ0) is 24.2. The summed E-state index contributed by atoms with van der Waals surface area (Å²) in [4.78, 5) is 36.5. The standard InChI is InChI=1S/C25H27ClN6O2/c1-16-11-22(29(4)28-16)24(34)31-9-7-30(8-10-31)18-13-19(15-27-14-18)32-23(33)20-6-5-17(26)12-21(20)25(32,2)3/h5-6,11-15H,7-10H2,1-4H3. The van der Waals surface area contributed by atoms with Gasteiger partial charge in [0.1, 0.15) is 5.69 Å². The minimum absolute atomic E-state index is 0.00420. The van der Waals surface area contributed by atoms with Crippen LogP contribution in [-0.4, -0.2) is 57.7 Å². The molecule has 2 aliphatic heterocycles. The first-order valence-corrected chi connectivity index (χ1v) is 11.7. The Kier molecular flexibility index (Phi) is 5.36. The van der Waals surface area contributed by atoms with Gasteiger partial charge < -0.3 is 9.80 Å². The van der Waals surface area contributed by atoms with Crippen LogP contribution in [0.2, 0.25) is 5.02 Å². The molecule has 0 unspecified atom stereocenters. The molecule has 0 atom stereocenters. The highest BCUT2D eigenvalue weighted by molar-refractivity contribution is 6.31. The van der Waals surface area contributed by atoms with Crippen LogP contribution in [0, 0.1) is 6.92 Å². The van der Waals surface area contributed by atoms with E-state index >= 15 is 0 Å². The number of amides is 2. The summed E-state index contributed by atoms with van der Waals surface area (Å²) in [5.41, 5.74) is 4.12. The Morgan fingerprint density at radius 3 is 2.41 bits per heavy atom. The van der Waals surface area contributed by atoms with Crippen molar-refractivity contribution in [2.45, 2.75) is 26.3 Å². The average Bonchev–Trinajstić information content (AvgIpc) is 3.25. The molecule has 2 aliphatic rings. The number of hydrogen-bond acceptors (Lipinski definition) is 5. The third-order valence-corrected chi connectivity index (χ3v) is 6.99. The van der Waals surface area contributed by atoms with Crippen LogP contribution in [0.4, 0.5) is 11.4 Å². The Bertz CT molecular complexity index is 1290. The van der Waals surface area contributed by atoms with E-state index in [1.807, 2.05) is 50.1 Å². The summed E-state index contributed by atoms with van der Waals surface area (Å²) in [5.74, 6) is -0.0621. The van der Waals surface area contributed by atoms with E-state index in [1.54, 1.807) is 35.0 Å². The lowest BCUT2D eigenvalue weighted by molar-refractivity contribution is 0.0735. The van der Waals surface area contributed by atoms with Crippen LogP contribution < -0.4 is 9.80 Å². The lowest BCUT2D eigenvalue weighted by Crippen LogP contribution is -2.49. The minimum atomic E-state index is -0.552. The normalized spacial score (nSPS) is 17.3. The van der Waals surface area contributed by atoms with Crippen molar-refractivity contribution < 1.29 is 9.59 Å². The van der Waals surface area contributed by atoms with Crippen LogP contribution in [0.3, 0.4) is 0 Å². The largest absolute Gasteiger partial charge is 0.367 e. The van der Waals surface area contributed by atoms with Crippen molar-refractivity contribution in [2.24, 2.45) is 7.05 Å². The number of anilines is 2. The number of benzene rings is 1.